The first-order chi connectivity index (χ1) is 11.4. The molecular weight excluding hydrogens is 302 g/mol. The van der Waals surface area contributed by atoms with E-state index in [1.165, 1.54) is 5.56 Å². The lowest BCUT2D eigenvalue weighted by atomic mass is 10.1. The van der Waals surface area contributed by atoms with Gasteiger partial charge in [0.1, 0.15) is 11.4 Å². The fraction of sp³-hybridized carbons (Fsp3) is 0.368. The smallest absolute Gasteiger partial charge is 0.270 e. The van der Waals surface area contributed by atoms with E-state index in [-0.39, 0.29) is 11.4 Å². The topological polar surface area (TPSA) is 63.2 Å². The van der Waals surface area contributed by atoms with Gasteiger partial charge in [0.25, 0.3) is 5.91 Å². The molecule has 1 heterocycles. The number of rotatable bonds is 6. The summed E-state index contributed by atoms with van der Waals surface area (Å²) >= 11 is 0. The molecule has 2 aromatic rings. The monoisotopic (exact) mass is 327 g/mol. The zero-order valence-corrected chi connectivity index (χ0v) is 14.7. The van der Waals surface area contributed by atoms with E-state index in [1.807, 2.05) is 45.0 Å². The predicted octanol–water partition coefficient (Wildman–Crippen LogP) is 3.27. The summed E-state index contributed by atoms with van der Waals surface area (Å²) in [6.07, 6.45) is 2.51. The van der Waals surface area contributed by atoms with Crippen molar-refractivity contribution in [3.63, 3.8) is 0 Å². The Balaban J connectivity index is 1.93. The van der Waals surface area contributed by atoms with Gasteiger partial charge in [0.05, 0.1) is 7.11 Å². The predicted molar refractivity (Wildman–Crippen MR) is 96.6 cm³/mol. The maximum absolute atomic E-state index is 12.2. The minimum atomic E-state index is -0.283. The van der Waals surface area contributed by atoms with Crippen LogP contribution in [0.5, 0.6) is 5.75 Å². The van der Waals surface area contributed by atoms with Crippen LogP contribution in [0.1, 0.15) is 36.8 Å². The first-order valence-electron chi connectivity index (χ1n) is 8.03. The highest BCUT2D eigenvalue weighted by atomic mass is 16.5. The molecule has 5 nitrogen and oxygen atoms in total. The number of hydrogen-bond donors (Lipinski definition) is 2. The van der Waals surface area contributed by atoms with Crippen molar-refractivity contribution in [2.45, 2.75) is 32.7 Å². The number of carbonyl (C=O) groups excluding carboxylic acids is 1. The van der Waals surface area contributed by atoms with Gasteiger partial charge in [-0.1, -0.05) is 12.1 Å². The van der Waals surface area contributed by atoms with Crippen LogP contribution in [0.15, 0.2) is 42.6 Å². The van der Waals surface area contributed by atoms with Crippen LogP contribution in [0.3, 0.4) is 0 Å². The summed E-state index contributed by atoms with van der Waals surface area (Å²) in [4.78, 5) is 16.3. The zero-order valence-electron chi connectivity index (χ0n) is 14.7. The summed E-state index contributed by atoms with van der Waals surface area (Å²) in [7, 11) is 1.67. The van der Waals surface area contributed by atoms with Crippen molar-refractivity contribution in [2.75, 3.05) is 19.0 Å². The summed E-state index contributed by atoms with van der Waals surface area (Å²) in [6.45, 7) is 6.60. The molecule has 0 radical (unpaired) electrons. The Bertz CT molecular complexity index is 693. The van der Waals surface area contributed by atoms with E-state index in [9.17, 15) is 4.79 Å². The number of aromatic nitrogens is 1. The van der Waals surface area contributed by atoms with Gasteiger partial charge in [0, 0.05) is 24.0 Å². The Morgan fingerprint density at radius 3 is 2.71 bits per heavy atom. The van der Waals surface area contributed by atoms with Crippen molar-refractivity contribution in [3.05, 3.63) is 53.9 Å². The average Bonchev–Trinajstić information content (AvgIpc) is 2.54. The number of nitrogens with one attached hydrogen (secondary N) is 2. The van der Waals surface area contributed by atoms with Crippen LogP contribution in [-0.2, 0) is 6.42 Å². The van der Waals surface area contributed by atoms with Crippen LogP contribution in [0.25, 0.3) is 0 Å². The molecule has 0 aliphatic carbocycles. The Kier molecular flexibility index (Phi) is 5.79. The van der Waals surface area contributed by atoms with Crippen molar-refractivity contribution in [1.29, 1.82) is 0 Å². The number of ether oxygens (including phenoxy) is 1. The molecule has 24 heavy (non-hydrogen) atoms. The van der Waals surface area contributed by atoms with Crippen LogP contribution in [-0.4, -0.2) is 30.1 Å². The van der Waals surface area contributed by atoms with Gasteiger partial charge in [0.2, 0.25) is 0 Å². The molecule has 2 N–H and O–H groups in total. The lowest BCUT2D eigenvalue weighted by Gasteiger charge is -2.20. The minimum absolute atomic E-state index is 0.168. The van der Waals surface area contributed by atoms with E-state index in [0.29, 0.717) is 5.69 Å². The molecule has 0 aliphatic heterocycles. The maximum Gasteiger partial charge on any atom is 0.270 e. The van der Waals surface area contributed by atoms with Crippen LogP contribution < -0.4 is 15.4 Å². The Morgan fingerprint density at radius 2 is 2.00 bits per heavy atom. The van der Waals surface area contributed by atoms with Crippen LogP contribution in [0.2, 0.25) is 0 Å². The van der Waals surface area contributed by atoms with Gasteiger partial charge in [-0.2, -0.15) is 0 Å². The Hall–Kier alpha value is -2.56. The first kappa shape index (κ1) is 17.8. The second-order valence-corrected chi connectivity index (χ2v) is 6.66. The molecule has 0 unspecified atom stereocenters. The van der Waals surface area contributed by atoms with Crippen molar-refractivity contribution >= 4 is 11.6 Å². The summed E-state index contributed by atoms with van der Waals surface area (Å²) in [6, 6.07) is 11.6. The van der Waals surface area contributed by atoms with Crippen LogP contribution in [0.4, 0.5) is 5.69 Å². The van der Waals surface area contributed by atoms with E-state index in [4.69, 9.17) is 4.74 Å². The highest BCUT2D eigenvalue weighted by Crippen LogP contribution is 2.14. The lowest BCUT2D eigenvalue weighted by Crippen LogP contribution is -2.40. The third-order valence-electron chi connectivity index (χ3n) is 3.36. The normalized spacial score (nSPS) is 11.0. The fourth-order valence-corrected chi connectivity index (χ4v) is 2.25. The third-order valence-corrected chi connectivity index (χ3v) is 3.36. The van der Waals surface area contributed by atoms with Crippen molar-refractivity contribution in [3.8, 4) is 5.75 Å². The second kappa shape index (κ2) is 7.81. The summed E-state index contributed by atoms with van der Waals surface area (Å²) in [5.41, 5.74) is 2.21. The number of nitrogens with zero attached hydrogens (tertiary/aromatic N) is 1. The Labute approximate surface area is 143 Å². The quantitative estimate of drug-likeness (QED) is 0.855. The number of carbonyl (C=O) groups is 1. The highest BCUT2D eigenvalue weighted by molar-refractivity contribution is 5.93. The number of benzene rings is 1. The number of pyridine rings is 1. The summed E-state index contributed by atoms with van der Waals surface area (Å²) in [5, 5.41) is 6.24. The number of hydrogen-bond acceptors (Lipinski definition) is 4. The summed E-state index contributed by atoms with van der Waals surface area (Å²) < 4.78 is 5.23. The molecule has 1 amide bonds. The third kappa shape index (κ3) is 5.57. The van der Waals surface area contributed by atoms with Gasteiger partial charge in [-0.15, -0.1) is 0 Å². The van der Waals surface area contributed by atoms with Gasteiger partial charge in [-0.05, 0) is 57.0 Å². The molecular formula is C19H25N3O2. The van der Waals surface area contributed by atoms with Gasteiger partial charge in [-0.25, -0.2) is 0 Å². The first-order valence-corrected chi connectivity index (χ1v) is 8.03. The highest BCUT2D eigenvalue weighted by Gasteiger charge is 2.16. The standard InChI is InChI=1S/C19H25N3O2/c1-19(2,3)22-18(23)17-13-15(9-11-21-17)20-10-8-14-6-5-7-16(12-14)24-4/h5-7,9,11-13H,8,10H2,1-4H3,(H,20,21)(H,22,23). The molecule has 0 fully saturated rings. The molecule has 0 spiro atoms. The van der Waals surface area contributed by atoms with Crippen molar-refractivity contribution < 1.29 is 9.53 Å². The lowest BCUT2D eigenvalue weighted by molar-refractivity contribution is 0.0914. The molecule has 1 aromatic carbocycles. The van der Waals surface area contributed by atoms with Gasteiger partial charge in [0.15, 0.2) is 0 Å². The number of anilines is 1. The molecule has 0 saturated heterocycles. The molecule has 0 bridgehead atoms. The second-order valence-electron chi connectivity index (χ2n) is 6.66. The zero-order chi connectivity index (χ0) is 17.6. The van der Waals surface area contributed by atoms with E-state index in [1.54, 1.807) is 19.4 Å². The van der Waals surface area contributed by atoms with Gasteiger partial charge >= 0.3 is 0 Å². The van der Waals surface area contributed by atoms with E-state index < -0.39 is 0 Å². The molecule has 0 atom stereocenters. The van der Waals surface area contributed by atoms with Crippen LogP contribution >= 0.6 is 0 Å². The molecule has 0 aliphatic rings. The Morgan fingerprint density at radius 1 is 1.21 bits per heavy atom. The molecule has 0 saturated carbocycles. The molecule has 5 heteroatoms. The maximum atomic E-state index is 12.2. The largest absolute Gasteiger partial charge is 0.497 e. The minimum Gasteiger partial charge on any atom is -0.497 e. The van der Waals surface area contributed by atoms with Gasteiger partial charge < -0.3 is 15.4 Å². The van der Waals surface area contributed by atoms with Crippen LogP contribution in [0, 0.1) is 0 Å². The van der Waals surface area contributed by atoms with E-state index >= 15 is 0 Å². The fourth-order valence-electron chi connectivity index (χ4n) is 2.25. The molecule has 128 valence electrons. The summed E-state index contributed by atoms with van der Waals surface area (Å²) in [5.74, 6) is 0.691. The number of amides is 1. The van der Waals surface area contributed by atoms with E-state index in [0.717, 1.165) is 24.4 Å². The molecule has 2 rings (SSSR count). The average molecular weight is 327 g/mol. The van der Waals surface area contributed by atoms with Crippen molar-refractivity contribution in [1.82, 2.24) is 10.3 Å². The van der Waals surface area contributed by atoms with Crippen molar-refractivity contribution in [2.24, 2.45) is 0 Å². The van der Waals surface area contributed by atoms with E-state index in [2.05, 4.69) is 21.7 Å². The number of methoxy groups -OCH3 is 1. The van der Waals surface area contributed by atoms with Gasteiger partial charge in [-0.3, -0.25) is 9.78 Å². The molecule has 1 aromatic heterocycles. The SMILES string of the molecule is COc1cccc(CCNc2ccnc(C(=O)NC(C)(C)C)c2)c1.